The van der Waals surface area contributed by atoms with E-state index in [0.717, 1.165) is 11.1 Å². The van der Waals surface area contributed by atoms with Gasteiger partial charge in [-0.1, -0.05) is 0 Å². The maximum Gasteiger partial charge on any atom is 0.254 e. The summed E-state index contributed by atoms with van der Waals surface area (Å²) in [5, 5.41) is 2.95. The number of aromatic nitrogens is 3. The number of pyridine rings is 3. The van der Waals surface area contributed by atoms with E-state index in [2.05, 4.69) is 31.1 Å². The predicted octanol–water partition coefficient (Wildman–Crippen LogP) is 0.966. The summed E-state index contributed by atoms with van der Waals surface area (Å²) < 4.78 is 0. The van der Waals surface area contributed by atoms with Gasteiger partial charge in [0.05, 0.1) is 0 Å². The van der Waals surface area contributed by atoms with E-state index in [0.29, 0.717) is 11.4 Å². The van der Waals surface area contributed by atoms with E-state index in [1.54, 1.807) is 61.4 Å². The van der Waals surface area contributed by atoms with Crippen molar-refractivity contribution in [2.45, 2.75) is 5.79 Å². The molecule has 3 aromatic heterocycles. The van der Waals surface area contributed by atoms with Gasteiger partial charge in [-0.2, -0.15) is 5.43 Å². The number of amidine groups is 1. The fraction of sp³-hybridized carbons (Fsp3) is 0.0556. The van der Waals surface area contributed by atoms with E-state index in [1.165, 1.54) is 0 Å². The summed E-state index contributed by atoms with van der Waals surface area (Å²) in [6.45, 7) is 0. The van der Waals surface area contributed by atoms with Crippen LogP contribution in [0.5, 0.6) is 0 Å². The van der Waals surface area contributed by atoms with Gasteiger partial charge in [0.2, 0.25) is 5.79 Å². The summed E-state index contributed by atoms with van der Waals surface area (Å²) in [6, 6.07) is 10.5. The van der Waals surface area contributed by atoms with Gasteiger partial charge in [0.1, 0.15) is 5.84 Å². The van der Waals surface area contributed by atoms with Gasteiger partial charge in [-0.15, -0.1) is 0 Å². The average Bonchev–Trinajstić information content (AvgIpc) is 3.15. The SMILES string of the molecule is O=C(NC1(c2ccncc2)N=C(c2ccncc2)NN1)c1ccncc1. The molecule has 0 spiro atoms. The second-order valence-corrected chi connectivity index (χ2v) is 5.58. The Morgan fingerprint density at radius 1 is 0.846 bits per heavy atom. The topological polar surface area (TPSA) is 104 Å². The summed E-state index contributed by atoms with van der Waals surface area (Å²) in [4.78, 5) is 29.4. The highest BCUT2D eigenvalue weighted by molar-refractivity contribution is 6.00. The van der Waals surface area contributed by atoms with Crippen molar-refractivity contribution in [2.24, 2.45) is 4.99 Å². The Labute approximate surface area is 149 Å². The molecule has 0 aliphatic carbocycles. The summed E-state index contributed by atoms with van der Waals surface area (Å²) in [7, 11) is 0. The second-order valence-electron chi connectivity index (χ2n) is 5.58. The van der Waals surface area contributed by atoms with E-state index in [4.69, 9.17) is 4.99 Å². The van der Waals surface area contributed by atoms with Crippen LogP contribution in [-0.2, 0) is 5.79 Å². The third kappa shape index (κ3) is 3.01. The Kier molecular flexibility index (Phi) is 4.08. The Hall–Kier alpha value is -3.65. The van der Waals surface area contributed by atoms with Crippen molar-refractivity contribution in [1.82, 2.24) is 31.1 Å². The van der Waals surface area contributed by atoms with Crippen LogP contribution in [0.25, 0.3) is 0 Å². The standard InChI is InChI=1S/C18H15N7O/c26-17(14-3-9-20-10-4-14)23-18(15-5-11-21-12-6-15)22-16(24-25-18)13-1-7-19-8-2-13/h1-12,25H,(H,22,24)(H,23,26). The van der Waals surface area contributed by atoms with Crippen molar-refractivity contribution in [2.75, 3.05) is 0 Å². The van der Waals surface area contributed by atoms with Crippen molar-refractivity contribution in [3.05, 3.63) is 90.3 Å². The van der Waals surface area contributed by atoms with Gasteiger partial charge in [0.15, 0.2) is 0 Å². The maximum atomic E-state index is 12.7. The van der Waals surface area contributed by atoms with Crippen LogP contribution in [0.3, 0.4) is 0 Å². The highest BCUT2D eigenvalue weighted by atomic mass is 16.2. The molecule has 0 aromatic carbocycles. The lowest BCUT2D eigenvalue weighted by atomic mass is 10.1. The third-order valence-electron chi connectivity index (χ3n) is 3.93. The van der Waals surface area contributed by atoms with Gasteiger partial charge in [-0.05, 0) is 36.4 Å². The highest BCUT2D eigenvalue weighted by Crippen LogP contribution is 2.23. The van der Waals surface area contributed by atoms with Gasteiger partial charge >= 0.3 is 0 Å². The van der Waals surface area contributed by atoms with Crippen molar-refractivity contribution >= 4 is 11.7 Å². The molecule has 3 N–H and O–H groups in total. The van der Waals surface area contributed by atoms with Crippen LogP contribution in [0.1, 0.15) is 21.5 Å². The van der Waals surface area contributed by atoms with Gasteiger partial charge in [0.25, 0.3) is 5.91 Å². The first-order valence-corrected chi connectivity index (χ1v) is 7.93. The lowest BCUT2D eigenvalue weighted by molar-refractivity contribution is 0.0881. The van der Waals surface area contributed by atoms with Crippen LogP contribution in [0.4, 0.5) is 0 Å². The molecule has 4 heterocycles. The summed E-state index contributed by atoms with van der Waals surface area (Å²) in [6.07, 6.45) is 9.80. The first-order chi connectivity index (χ1) is 12.8. The lowest BCUT2D eigenvalue weighted by Gasteiger charge is -2.27. The molecule has 1 aliphatic rings. The predicted molar refractivity (Wildman–Crippen MR) is 94.7 cm³/mol. The van der Waals surface area contributed by atoms with Gasteiger partial charge in [-0.3, -0.25) is 19.7 Å². The van der Waals surface area contributed by atoms with Crippen molar-refractivity contribution in [3.8, 4) is 0 Å². The smallest absolute Gasteiger partial charge is 0.254 e. The molecule has 26 heavy (non-hydrogen) atoms. The minimum atomic E-state index is -1.16. The first kappa shape index (κ1) is 15.9. The fourth-order valence-corrected chi connectivity index (χ4v) is 2.62. The van der Waals surface area contributed by atoms with Crippen LogP contribution in [0.2, 0.25) is 0 Å². The number of aliphatic imine (C=N–C) groups is 1. The maximum absolute atomic E-state index is 12.7. The molecule has 0 bridgehead atoms. The van der Waals surface area contributed by atoms with E-state index < -0.39 is 5.79 Å². The van der Waals surface area contributed by atoms with E-state index >= 15 is 0 Å². The largest absolute Gasteiger partial charge is 0.310 e. The number of hydrogen-bond acceptors (Lipinski definition) is 7. The number of hydrogen-bond donors (Lipinski definition) is 3. The normalized spacial score (nSPS) is 18.7. The van der Waals surface area contributed by atoms with E-state index in [9.17, 15) is 4.79 Å². The molecular weight excluding hydrogens is 330 g/mol. The van der Waals surface area contributed by atoms with Gasteiger partial charge in [-0.25, -0.2) is 4.99 Å². The number of nitrogens with one attached hydrogen (secondary N) is 3. The van der Waals surface area contributed by atoms with Crippen molar-refractivity contribution < 1.29 is 4.79 Å². The molecule has 1 amide bonds. The van der Waals surface area contributed by atoms with Gasteiger partial charge < -0.3 is 10.7 Å². The van der Waals surface area contributed by atoms with Crippen molar-refractivity contribution in [1.29, 1.82) is 0 Å². The van der Waals surface area contributed by atoms with E-state index in [-0.39, 0.29) is 5.91 Å². The molecule has 128 valence electrons. The lowest BCUT2D eigenvalue weighted by Crippen LogP contribution is -2.55. The molecule has 8 nitrogen and oxygen atoms in total. The third-order valence-corrected chi connectivity index (χ3v) is 3.93. The minimum Gasteiger partial charge on any atom is -0.310 e. The molecule has 0 radical (unpaired) electrons. The van der Waals surface area contributed by atoms with E-state index in [1.807, 2.05) is 12.1 Å². The molecule has 0 fully saturated rings. The molecule has 0 saturated heterocycles. The summed E-state index contributed by atoms with van der Waals surface area (Å²) >= 11 is 0. The Morgan fingerprint density at radius 2 is 1.42 bits per heavy atom. The second kappa shape index (κ2) is 6.69. The molecule has 1 atom stereocenters. The molecule has 8 heteroatoms. The van der Waals surface area contributed by atoms with Crippen LogP contribution in [-0.4, -0.2) is 26.7 Å². The number of carbonyl (C=O) groups is 1. The molecular formula is C18H15N7O. The Balaban J connectivity index is 1.73. The zero-order valence-corrected chi connectivity index (χ0v) is 13.6. The number of hydrazine groups is 1. The van der Waals surface area contributed by atoms with Crippen LogP contribution in [0, 0.1) is 0 Å². The first-order valence-electron chi connectivity index (χ1n) is 7.93. The van der Waals surface area contributed by atoms with Crippen LogP contribution in [0.15, 0.2) is 78.6 Å². The minimum absolute atomic E-state index is 0.279. The average molecular weight is 345 g/mol. The fourth-order valence-electron chi connectivity index (χ4n) is 2.62. The number of rotatable bonds is 4. The molecule has 3 aromatic rings. The molecule has 4 rings (SSSR count). The Morgan fingerprint density at radius 3 is 2.08 bits per heavy atom. The molecule has 1 unspecified atom stereocenters. The van der Waals surface area contributed by atoms with Gasteiger partial charge in [0, 0.05) is 53.9 Å². The van der Waals surface area contributed by atoms with Crippen molar-refractivity contribution in [3.63, 3.8) is 0 Å². The molecule has 0 saturated carbocycles. The molecule has 1 aliphatic heterocycles. The zero-order chi connectivity index (χ0) is 17.8. The summed E-state index contributed by atoms with van der Waals surface area (Å²) in [5.41, 5.74) is 8.21. The monoisotopic (exact) mass is 345 g/mol. The van der Waals surface area contributed by atoms with Crippen LogP contribution >= 0.6 is 0 Å². The highest BCUT2D eigenvalue weighted by Gasteiger charge is 2.38. The number of nitrogens with zero attached hydrogens (tertiary/aromatic N) is 4. The van der Waals surface area contributed by atoms with Crippen LogP contribution < -0.4 is 16.2 Å². The Bertz CT molecular complexity index is 932. The zero-order valence-electron chi connectivity index (χ0n) is 13.6. The quantitative estimate of drug-likeness (QED) is 0.651. The number of carbonyl (C=O) groups excluding carboxylic acids is 1. The number of amides is 1. The summed E-state index contributed by atoms with van der Waals surface area (Å²) in [5.74, 6) is -0.848.